The molecule has 2 aliphatic rings. The van der Waals surface area contributed by atoms with Crippen LogP contribution in [0.3, 0.4) is 0 Å². The molecule has 2 aliphatic carbocycles. The van der Waals surface area contributed by atoms with Crippen molar-refractivity contribution in [3.05, 3.63) is 289 Å². The monoisotopic (exact) mass is 900 g/mol. The van der Waals surface area contributed by atoms with Crippen LogP contribution in [0.15, 0.2) is 267 Å². The minimum atomic E-state index is -0.435. The highest BCUT2D eigenvalue weighted by Gasteiger charge is 2.51. The number of hydrogen-bond donors (Lipinski definition) is 0. The van der Waals surface area contributed by atoms with Gasteiger partial charge in [0.25, 0.3) is 0 Å². The van der Waals surface area contributed by atoms with Gasteiger partial charge in [-0.15, -0.1) is 0 Å². The topological polar surface area (TPSA) is 8.17 Å². The molecule has 1 heterocycles. The van der Waals surface area contributed by atoms with Crippen molar-refractivity contribution in [1.29, 1.82) is 0 Å². The Hall–Kier alpha value is -9.24. The summed E-state index contributed by atoms with van der Waals surface area (Å²) < 4.78 is 2.47. The average molecular weight is 901 g/mol. The van der Waals surface area contributed by atoms with E-state index in [2.05, 4.69) is 276 Å². The second kappa shape index (κ2) is 15.4. The van der Waals surface area contributed by atoms with Gasteiger partial charge in [0.2, 0.25) is 0 Å². The van der Waals surface area contributed by atoms with Gasteiger partial charge in [-0.25, -0.2) is 0 Å². The number of aromatic nitrogens is 1. The van der Waals surface area contributed by atoms with Crippen LogP contribution in [0, 0.1) is 0 Å². The van der Waals surface area contributed by atoms with E-state index in [0.717, 1.165) is 22.6 Å². The van der Waals surface area contributed by atoms with E-state index in [1.54, 1.807) is 0 Å². The van der Waals surface area contributed by atoms with E-state index in [1.807, 2.05) is 0 Å². The highest BCUT2D eigenvalue weighted by molar-refractivity contribution is 6.15. The third kappa shape index (κ3) is 5.71. The van der Waals surface area contributed by atoms with Crippen LogP contribution >= 0.6 is 0 Å². The van der Waals surface area contributed by atoms with Crippen LogP contribution in [-0.4, -0.2) is 4.57 Å². The summed E-state index contributed by atoms with van der Waals surface area (Å²) >= 11 is 0. The molecule has 12 aromatic carbocycles. The van der Waals surface area contributed by atoms with Crippen LogP contribution in [0.4, 0.5) is 17.1 Å². The van der Waals surface area contributed by atoms with Crippen LogP contribution in [0.25, 0.3) is 93.5 Å². The van der Waals surface area contributed by atoms with E-state index in [-0.39, 0.29) is 0 Å². The molecule has 0 unspecified atom stereocenters. The van der Waals surface area contributed by atoms with Crippen molar-refractivity contribution in [3.8, 4) is 50.2 Å². The first-order valence-electron chi connectivity index (χ1n) is 24.7. The first-order chi connectivity index (χ1) is 35.2. The zero-order valence-electron chi connectivity index (χ0n) is 38.8. The molecule has 0 saturated carbocycles. The van der Waals surface area contributed by atoms with Crippen molar-refractivity contribution >= 4 is 60.4 Å². The van der Waals surface area contributed by atoms with Crippen molar-refractivity contribution in [2.24, 2.45) is 0 Å². The maximum absolute atomic E-state index is 2.48. The Bertz CT molecular complexity index is 4230. The first kappa shape index (κ1) is 39.7. The fourth-order valence-corrected chi connectivity index (χ4v) is 12.6. The Kier molecular flexibility index (Phi) is 8.61. The normalized spacial score (nSPS) is 12.9. The summed E-state index contributed by atoms with van der Waals surface area (Å²) in [5, 5.41) is 7.52. The molecule has 13 aromatic rings. The number of para-hydroxylation sites is 3. The van der Waals surface area contributed by atoms with Crippen LogP contribution in [0.5, 0.6) is 0 Å². The van der Waals surface area contributed by atoms with Crippen LogP contribution < -0.4 is 4.90 Å². The Labute approximate surface area is 412 Å². The minimum Gasteiger partial charge on any atom is -0.310 e. The predicted octanol–water partition coefficient (Wildman–Crippen LogP) is 18.2. The van der Waals surface area contributed by atoms with Gasteiger partial charge in [0, 0.05) is 33.1 Å². The lowest BCUT2D eigenvalue weighted by molar-refractivity contribution is 0.793. The standard InChI is InChI=1S/C69H44N2/c1-2-19-49(20-3-1)70(50-39-40-57-56-26-10-15-31-63(56)69(64(57)44-50)61-29-13-8-24-54(61)55-25-9-14-30-62(55)69)65-32-16-11-22-52(65)46-36-34-45(35-37-46)47-38-41-67-60(42-47)59-28-12-17-33-66(59)71(67)68-43-48-18-4-5-21-51(48)53-23-6-7-27-58(53)68/h1-44H. The van der Waals surface area contributed by atoms with Gasteiger partial charge in [-0.3, -0.25) is 0 Å². The number of nitrogens with zero attached hydrogens (tertiary/aromatic N) is 2. The predicted molar refractivity (Wildman–Crippen MR) is 298 cm³/mol. The molecule has 15 rings (SSSR count). The third-order valence-electron chi connectivity index (χ3n) is 15.6. The lowest BCUT2D eigenvalue weighted by Crippen LogP contribution is -2.26. The van der Waals surface area contributed by atoms with Crippen molar-refractivity contribution in [1.82, 2.24) is 4.57 Å². The van der Waals surface area contributed by atoms with Gasteiger partial charge in [0.05, 0.1) is 27.8 Å². The second-order valence-corrected chi connectivity index (χ2v) is 19.1. The molecule has 330 valence electrons. The zero-order chi connectivity index (χ0) is 46.6. The summed E-state index contributed by atoms with van der Waals surface area (Å²) in [6, 6.07) is 99.0. The molecular weight excluding hydrogens is 857 g/mol. The van der Waals surface area contributed by atoms with E-state index in [9.17, 15) is 0 Å². The van der Waals surface area contributed by atoms with Gasteiger partial charge in [0.1, 0.15) is 0 Å². The van der Waals surface area contributed by atoms with Crippen molar-refractivity contribution in [3.63, 3.8) is 0 Å². The van der Waals surface area contributed by atoms with Crippen LogP contribution in [0.2, 0.25) is 0 Å². The third-order valence-corrected chi connectivity index (χ3v) is 15.6. The van der Waals surface area contributed by atoms with Gasteiger partial charge >= 0.3 is 0 Å². The quantitative estimate of drug-likeness (QED) is 0.151. The fourth-order valence-electron chi connectivity index (χ4n) is 12.6. The van der Waals surface area contributed by atoms with Crippen LogP contribution in [0.1, 0.15) is 22.3 Å². The summed E-state index contributed by atoms with van der Waals surface area (Å²) in [4.78, 5) is 2.45. The molecule has 0 aliphatic heterocycles. The van der Waals surface area contributed by atoms with Crippen molar-refractivity contribution in [2.45, 2.75) is 5.41 Å². The van der Waals surface area contributed by atoms with E-state index >= 15 is 0 Å². The molecule has 1 spiro atoms. The number of rotatable bonds is 6. The molecule has 0 radical (unpaired) electrons. The summed E-state index contributed by atoms with van der Waals surface area (Å²) in [5.74, 6) is 0. The summed E-state index contributed by atoms with van der Waals surface area (Å²) in [5.41, 5.74) is 21.8. The highest BCUT2D eigenvalue weighted by atomic mass is 15.1. The summed E-state index contributed by atoms with van der Waals surface area (Å²) in [6.45, 7) is 0. The van der Waals surface area contributed by atoms with E-state index in [4.69, 9.17) is 0 Å². The zero-order valence-corrected chi connectivity index (χ0v) is 38.8. The molecule has 2 nitrogen and oxygen atoms in total. The SMILES string of the molecule is c1ccc(N(c2ccc3c(c2)C2(c4ccccc4-c4ccccc42)c2ccccc2-3)c2ccccc2-c2ccc(-c3ccc4c(c3)c3ccccc3n4-c3cc4ccccc4c4ccccc34)cc2)cc1. The van der Waals surface area contributed by atoms with Crippen molar-refractivity contribution < 1.29 is 0 Å². The van der Waals surface area contributed by atoms with Gasteiger partial charge in [0.15, 0.2) is 0 Å². The number of fused-ring (bicyclic) bond motifs is 16. The molecule has 71 heavy (non-hydrogen) atoms. The fraction of sp³-hybridized carbons (Fsp3) is 0.0145. The number of hydrogen-bond acceptors (Lipinski definition) is 1. The van der Waals surface area contributed by atoms with Crippen molar-refractivity contribution in [2.75, 3.05) is 4.90 Å². The average Bonchev–Trinajstić information content (AvgIpc) is 4.05. The van der Waals surface area contributed by atoms with Crippen LogP contribution in [-0.2, 0) is 5.41 Å². The molecular formula is C69H44N2. The summed E-state index contributed by atoms with van der Waals surface area (Å²) in [7, 11) is 0. The highest BCUT2D eigenvalue weighted by Crippen LogP contribution is 2.63. The molecule has 0 bridgehead atoms. The first-order valence-corrected chi connectivity index (χ1v) is 24.7. The lowest BCUT2D eigenvalue weighted by atomic mass is 9.70. The van der Waals surface area contributed by atoms with Gasteiger partial charge in [-0.2, -0.15) is 0 Å². The second-order valence-electron chi connectivity index (χ2n) is 19.1. The molecule has 0 fully saturated rings. The smallest absolute Gasteiger partial charge is 0.0726 e. The molecule has 1 aromatic heterocycles. The van der Waals surface area contributed by atoms with E-state index in [0.29, 0.717) is 0 Å². The lowest BCUT2D eigenvalue weighted by Gasteiger charge is -2.32. The van der Waals surface area contributed by atoms with E-state index < -0.39 is 5.41 Å². The largest absolute Gasteiger partial charge is 0.310 e. The molecule has 0 atom stereocenters. The van der Waals surface area contributed by atoms with Gasteiger partial charge in [-0.1, -0.05) is 212 Å². The van der Waals surface area contributed by atoms with Gasteiger partial charge in [-0.05, 0) is 132 Å². The Morgan fingerprint density at radius 2 is 0.803 bits per heavy atom. The number of benzene rings is 12. The molecule has 0 N–H and O–H groups in total. The Morgan fingerprint density at radius 1 is 0.282 bits per heavy atom. The molecule has 0 amide bonds. The maximum atomic E-state index is 2.48. The summed E-state index contributed by atoms with van der Waals surface area (Å²) in [6.07, 6.45) is 0. The van der Waals surface area contributed by atoms with Gasteiger partial charge < -0.3 is 9.47 Å². The molecule has 0 saturated heterocycles. The Balaban J connectivity index is 0.852. The Morgan fingerprint density at radius 3 is 1.52 bits per heavy atom. The van der Waals surface area contributed by atoms with E-state index in [1.165, 1.54) is 110 Å². The molecule has 2 heteroatoms. The maximum Gasteiger partial charge on any atom is 0.0726 e. The minimum absolute atomic E-state index is 0.435. The number of anilines is 3.